The highest BCUT2D eigenvalue weighted by Crippen LogP contribution is 2.32. The predicted molar refractivity (Wildman–Crippen MR) is 128 cm³/mol. The molecular weight excluding hydrogens is 521 g/mol. The Kier molecular flexibility index (Phi) is 9.36. The zero-order valence-corrected chi connectivity index (χ0v) is 21.4. The number of anilines is 1. The van der Waals surface area contributed by atoms with Crippen LogP contribution in [-0.4, -0.2) is 65.7 Å². The van der Waals surface area contributed by atoms with Gasteiger partial charge in [-0.1, -0.05) is 17.7 Å². The number of aryl methyl sites for hydroxylation is 1. The second-order valence-electron chi connectivity index (χ2n) is 8.54. The third kappa shape index (κ3) is 7.89. The highest BCUT2D eigenvalue weighted by Gasteiger charge is 2.33. The maximum absolute atomic E-state index is 12.9. The maximum atomic E-state index is 12.9. The van der Waals surface area contributed by atoms with E-state index in [0.717, 1.165) is 17.8 Å². The lowest BCUT2D eigenvalue weighted by Crippen LogP contribution is -2.40. The topological polar surface area (TPSA) is 103 Å². The van der Waals surface area contributed by atoms with Crippen LogP contribution in [0, 0.1) is 6.92 Å². The summed E-state index contributed by atoms with van der Waals surface area (Å²) in [6.45, 7) is 2.40. The molecule has 0 unspecified atom stereocenters. The fourth-order valence-corrected chi connectivity index (χ4v) is 6.51. The first kappa shape index (κ1) is 28.4. The fraction of sp³-hybridized carbons (Fsp3) is 0.522. The maximum Gasteiger partial charge on any atom is 0.417 e. The van der Waals surface area contributed by atoms with Crippen molar-refractivity contribution in [1.29, 1.82) is 0 Å². The number of hydrogen-bond donors (Lipinski definition) is 0. The molecule has 0 aliphatic carbocycles. The fourth-order valence-electron chi connectivity index (χ4n) is 3.84. The van der Waals surface area contributed by atoms with Crippen molar-refractivity contribution < 1.29 is 38.9 Å². The molecule has 200 valence electrons. The monoisotopic (exact) mass is 550 g/mol. The summed E-state index contributed by atoms with van der Waals surface area (Å²) in [7, 11) is -7.29. The second-order valence-corrected chi connectivity index (χ2v) is 12.6. The first-order chi connectivity index (χ1) is 16.9. The number of aromatic nitrogens is 1. The number of rotatable bonds is 11. The predicted octanol–water partition coefficient (Wildman–Crippen LogP) is 3.60. The van der Waals surface area contributed by atoms with Crippen LogP contribution in [0.15, 0.2) is 47.6 Å². The molecule has 0 spiro atoms. The van der Waals surface area contributed by atoms with Crippen LogP contribution in [-0.2, 0) is 35.1 Å². The van der Waals surface area contributed by atoms with Crippen molar-refractivity contribution in [2.45, 2.75) is 42.5 Å². The third-order valence-corrected chi connectivity index (χ3v) is 9.53. The molecule has 1 saturated heterocycles. The van der Waals surface area contributed by atoms with Gasteiger partial charge in [0.05, 0.1) is 46.6 Å². The Morgan fingerprint density at radius 3 is 2.31 bits per heavy atom. The average molecular weight is 551 g/mol. The molecule has 1 aromatic carbocycles. The molecule has 13 heteroatoms. The number of nitrogens with zero attached hydrogens (tertiary/aromatic N) is 2. The second kappa shape index (κ2) is 11.9. The van der Waals surface area contributed by atoms with Gasteiger partial charge in [0.25, 0.3) is 10.1 Å². The lowest BCUT2D eigenvalue weighted by atomic mass is 10.1. The number of hydrogen-bond acceptors (Lipinski definition) is 8. The Hall–Kier alpha value is -2.22. The van der Waals surface area contributed by atoms with E-state index in [4.69, 9.17) is 8.92 Å². The molecule has 1 aliphatic heterocycles. The van der Waals surface area contributed by atoms with Crippen LogP contribution in [0.2, 0.25) is 0 Å². The molecule has 0 amide bonds. The van der Waals surface area contributed by atoms with E-state index in [2.05, 4.69) is 4.98 Å². The Morgan fingerprint density at radius 1 is 1.00 bits per heavy atom. The molecule has 2 aromatic rings. The van der Waals surface area contributed by atoms with Crippen molar-refractivity contribution in [1.82, 2.24) is 4.98 Å². The molecule has 0 saturated carbocycles. The van der Waals surface area contributed by atoms with E-state index in [1.165, 1.54) is 18.3 Å². The summed E-state index contributed by atoms with van der Waals surface area (Å²) in [5.41, 5.74) is 0.402. The van der Waals surface area contributed by atoms with Crippen LogP contribution in [0.5, 0.6) is 0 Å². The molecule has 1 fully saturated rings. The van der Waals surface area contributed by atoms with Gasteiger partial charge in [0.2, 0.25) is 0 Å². The summed E-state index contributed by atoms with van der Waals surface area (Å²) < 4.78 is 98.6. The van der Waals surface area contributed by atoms with Crippen molar-refractivity contribution in [3.8, 4) is 0 Å². The number of sulfone groups is 1. The molecule has 2 heterocycles. The first-order valence-electron chi connectivity index (χ1n) is 11.4. The minimum Gasteiger partial charge on any atom is -0.379 e. The van der Waals surface area contributed by atoms with Crippen molar-refractivity contribution in [3.63, 3.8) is 0 Å². The van der Waals surface area contributed by atoms with E-state index >= 15 is 0 Å². The minimum atomic E-state index is -4.49. The normalized spacial score (nSPS) is 15.8. The summed E-state index contributed by atoms with van der Waals surface area (Å²) in [4.78, 5) is 5.42. The first-order valence-corrected chi connectivity index (χ1v) is 14.5. The van der Waals surface area contributed by atoms with E-state index in [0.29, 0.717) is 31.6 Å². The summed E-state index contributed by atoms with van der Waals surface area (Å²) in [5.74, 6) is -0.0920. The van der Waals surface area contributed by atoms with Gasteiger partial charge in [-0.05, 0) is 44.4 Å². The molecule has 8 nitrogen and oxygen atoms in total. The highest BCUT2D eigenvalue weighted by molar-refractivity contribution is 7.92. The smallest absolute Gasteiger partial charge is 0.379 e. The van der Waals surface area contributed by atoms with Crippen molar-refractivity contribution in [2.24, 2.45) is 0 Å². The molecule has 36 heavy (non-hydrogen) atoms. The Bertz CT molecular complexity index is 1210. The van der Waals surface area contributed by atoms with Gasteiger partial charge in [-0.15, -0.1) is 0 Å². The molecule has 0 N–H and O–H groups in total. The van der Waals surface area contributed by atoms with Crippen molar-refractivity contribution in [2.75, 3.05) is 43.6 Å². The Morgan fingerprint density at radius 2 is 1.67 bits per heavy atom. The Labute approximate surface area is 209 Å². The summed E-state index contributed by atoms with van der Waals surface area (Å²) in [5, 5.41) is -0.574. The third-order valence-electron chi connectivity index (χ3n) is 5.86. The molecule has 3 rings (SSSR count). The zero-order chi connectivity index (χ0) is 26.4. The van der Waals surface area contributed by atoms with Gasteiger partial charge in [-0.3, -0.25) is 9.17 Å². The van der Waals surface area contributed by atoms with Gasteiger partial charge in [-0.2, -0.15) is 21.6 Å². The number of halogens is 3. The van der Waals surface area contributed by atoms with E-state index in [1.807, 2.05) is 6.92 Å². The molecule has 0 bridgehead atoms. The van der Waals surface area contributed by atoms with E-state index in [1.54, 1.807) is 17.0 Å². The van der Waals surface area contributed by atoms with Crippen LogP contribution in [0.4, 0.5) is 18.9 Å². The number of alkyl halides is 3. The number of pyridine rings is 1. The number of ether oxygens (including phenoxy) is 1. The Balaban J connectivity index is 1.36. The van der Waals surface area contributed by atoms with Gasteiger partial charge in [0.15, 0.2) is 9.84 Å². The van der Waals surface area contributed by atoms with Gasteiger partial charge in [0.1, 0.15) is 0 Å². The SMILES string of the molecule is Cc1ccc(S(=O)(=O)OCCOCCCS(=O)(=O)C2CCN(c3cncc(C(F)(F)F)c3)CC2)cc1. The molecule has 0 atom stereocenters. The molecule has 1 aliphatic rings. The van der Waals surface area contributed by atoms with Crippen LogP contribution in [0.25, 0.3) is 0 Å². The quantitative estimate of drug-likeness (QED) is 0.309. The lowest BCUT2D eigenvalue weighted by molar-refractivity contribution is -0.137. The van der Waals surface area contributed by atoms with Crippen LogP contribution < -0.4 is 4.90 Å². The lowest BCUT2D eigenvalue weighted by Gasteiger charge is -2.33. The highest BCUT2D eigenvalue weighted by atomic mass is 32.2. The molecule has 1 aromatic heterocycles. The van der Waals surface area contributed by atoms with Gasteiger partial charge < -0.3 is 9.64 Å². The van der Waals surface area contributed by atoms with E-state index in [9.17, 15) is 30.0 Å². The molecule has 0 radical (unpaired) electrons. The van der Waals surface area contributed by atoms with E-state index < -0.39 is 36.9 Å². The largest absolute Gasteiger partial charge is 0.417 e. The summed E-state index contributed by atoms with van der Waals surface area (Å²) >= 11 is 0. The van der Waals surface area contributed by atoms with E-state index in [-0.39, 0.29) is 36.9 Å². The standard InChI is InChI=1S/C23H29F3N2O6S2/c1-18-3-5-22(6-4-18)36(31,32)34-13-12-33-11-2-14-35(29,30)21-7-9-28(10-8-21)20-15-19(16-27-17-20)23(24,25)26/h3-6,15-17,21H,2,7-14H2,1H3. The zero-order valence-electron chi connectivity index (χ0n) is 19.8. The van der Waals surface area contributed by atoms with Crippen LogP contribution >= 0.6 is 0 Å². The average Bonchev–Trinajstić information content (AvgIpc) is 2.83. The van der Waals surface area contributed by atoms with Gasteiger partial charge in [0, 0.05) is 25.9 Å². The van der Waals surface area contributed by atoms with Crippen molar-refractivity contribution in [3.05, 3.63) is 53.9 Å². The number of piperidine rings is 1. The van der Waals surface area contributed by atoms with Gasteiger partial charge in [-0.25, -0.2) is 8.42 Å². The summed E-state index contributed by atoms with van der Waals surface area (Å²) in [6.07, 6.45) is -1.53. The van der Waals surface area contributed by atoms with Crippen molar-refractivity contribution >= 4 is 25.6 Å². The van der Waals surface area contributed by atoms with Crippen LogP contribution in [0.3, 0.4) is 0 Å². The minimum absolute atomic E-state index is 0.00540. The molecular formula is C23H29F3N2O6S2. The summed E-state index contributed by atoms with van der Waals surface area (Å²) in [6, 6.07) is 7.27. The van der Waals surface area contributed by atoms with Gasteiger partial charge >= 0.3 is 6.18 Å². The number of benzene rings is 1. The van der Waals surface area contributed by atoms with Crippen LogP contribution in [0.1, 0.15) is 30.4 Å².